The summed E-state index contributed by atoms with van der Waals surface area (Å²) < 4.78 is 5.56. The van der Waals surface area contributed by atoms with Gasteiger partial charge >= 0.3 is 0 Å². The molecule has 0 aliphatic heterocycles. The van der Waals surface area contributed by atoms with E-state index in [1.54, 1.807) is 6.20 Å². The maximum Gasteiger partial charge on any atom is 0.251 e. The van der Waals surface area contributed by atoms with Crippen LogP contribution in [-0.4, -0.2) is 28.3 Å². The monoisotopic (exact) mass is 493 g/mol. The summed E-state index contributed by atoms with van der Waals surface area (Å²) in [5.41, 5.74) is 6.63. The number of benzene rings is 2. The summed E-state index contributed by atoms with van der Waals surface area (Å²) in [5.74, 6) is 0.348. The van der Waals surface area contributed by atoms with Crippen molar-refractivity contribution in [2.24, 2.45) is 5.41 Å². The van der Waals surface area contributed by atoms with Crippen LogP contribution in [0.5, 0.6) is 0 Å². The highest BCUT2D eigenvalue weighted by atomic mass is 16.5. The molecule has 188 valence electrons. The molecule has 6 nitrogen and oxygen atoms in total. The first kappa shape index (κ1) is 24.7. The number of fused-ring (bicyclic) bond motifs is 1. The zero-order chi connectivity index (χ0) is 25.8. The quantitative estimate of drug-likeness (QED) is 0.316. The van der Waals surface area contributed by atoms with Gasteiger partial charge in [0.05, 0.1) is 12.3 Å². The van der Waals surface area contributed by atoms with Crippen LogP contribution in [0.25, 0.3) is 11.3 Å². The number of ether oxygens (including phenoxy) is 1. The third kappa shape index (κ3) is 5.87. The van der Waals surface area contributed by atoms with Crippen molar-refractivity contribution < 1.29 is 14.3 Å². The van der Waals surface area contributed by atoms with Gasteiger partial charge in [0.25, 0.3) is 5.91 Å². The van der Waals surface area contributed by atoms with Gasteiger partial charge in [-0.15, -0.1) is 0 Å². The first-order valence-corrected chi connectivity index (χ1v) is 12.6. The molecular weight excluding hydrogens is 462 g/mol. The van der Waals surface area contributed by atoms with E-state index >= 15 is 0 Å². The molecule has 2 N–H and O–H groups in total. The van der Waals surface area contributed by atoms with Crippen molar-refractivity contribution in [1.82, 2.24) is 9.97 Å². The Balaban J connectivity index is 1.39. The predicted octanol–water partition coefficient (Wildman–Crippen LogP) is 5.98. The molecule has 2 aromatic carbocycles. The van der Waals surface area contributed by atoms with Crippen LogP contribution in [0.3, 0.4) is 0 Å². The molecule has 0 atom stereocenters. The molecule has 1 aliphatic carbocycles. The summed E-state index contributed by atoms with van der Waals surface area (Å²) in [4.78, 5) is 33.7. The van der Waals surface area contributed by atoms with E-state index in [2.05, 4.69) is 41.3 Å². The Morgan fingerprint density at radius 2 is 1.70 bits per heavy atom. The highest BCUT2D eigenvalue weighted by Crippen LogP contribution is 2.40. The highest BCUT2D eigenvalue weighted by Gasteiger charge is 2.35. The van der Waals surface area contributed by atoms with Crippen LogP contribution in [0.2, 0.25) is 0 Å². The molecule has 2 heterocycles. The van der Waals surface area contributed by atoms with Crippen molar-refractivity contribution in [1.29, 1.82) is 0 Å². The van der Waals surface area contributed by atoms with E-state index in [9.17, 15) is 9.59 Å². The molecular formula is C31H31N3O3. The molecule has 4 aromatic rings. The number of Topliss-reactive ketones (excluding diaryl/α,β-unsaturated/α-hetero) is 1. The van der Waals surface area contributed by atoms with Crippen molar-refractivity contribution in [3.05, 3.63) is 107 Å². The Kier molecular flexibility index (Phi) is 7.01. The number of carbonyl (C=O) groups is 2. The lowest BCUT2D eigenvalue weighted by Crippen LogP contribution is -2.27. The molecule has 0 saturated carbocycles. The standard InChI is InChI=1S/C31H31N3O3/c1-31(2)17-25-29(26(35)18-31)24(15-21-9-5-3-6-10-21)30(33-25)23-13-14-32-27(16-23)34-28(36)20-37-19-22-11-7-4-8-12-22/h3-14,16,33H,15,17-20H2,1-2H3,(H,32,34,36). The summed E-state index contributed by atoms with van der Waals surface area (Å²) in [6.07, 6.45) is 3.65. The second kappa shape index (κ2) is 10.5. The maximum absolute atomic E-state index is 13.3. The molecule has 0 spiro atoms. The molecule has 0 saturated heterocycles. The summed E-state index contributed by atoms with van der Waals surface area (Å²) in [6, 6.07) is 23.7. The van der Waals surface area contributed by atoms with Crippen molar-refractivity contribution in [3.63, 3.8) is 0 Å². The normalized spacial score (nSPS) is 14.3. The Morgan fingerprint density at radius 3 is 2.43 bits per heavy atom. The van der Waals surface area contributed by atoms with Gasteiger partial charge < -0.3 is 15.0 Å². The first-order valence-electron chi connectivity index (χ1n) is 12.6. The van der Waals surface area contributed by atoms with Crippen molar-refractivity contribution in [2.45, 2.75) is 39.7 Å². The molecule has 1 aliphatic rings. The topological polar surface area (TPSA) is 84.1 Å². The van der Waals surface area contributed by atoms with Crippen LogP contribution in [0.15, 0.2) is 79.0 Å². The molecule has 6 heteroatoms. The number of nitrogens with one attached hydrogen (secondary N) is 2. The Bertz CT molecular complexity index is 1410. The summed E-state index contributed by atoms with van der Waals surface area (Å²) in [7, 11) is 0. The Labute approximate surface area is 217 Å². The van der Waals surface area contributed by atoms with Crippen LogP contribution in [0.1, 0.15) is 53.0 Å². The molecule has 2 aromatic heterocycles. The molecule has 0 fully saturated rings. The van der Waals surface area contributed by atoms with Gasteiger partial charge in [0, 0.05) is 35.9 Å². The van der Waals surface area contributed by atoms with Crippen LogP contribution in [-0.2, 0) is 29.0 Å². The Morgan fingerprint density at radius 1 is 1.00 bits per heavy atom. The minimum Gasteiger partial charge on any atom is -0.367 e. The number of H-pyrrole nitrogens is 1. The maximum atomic E-state index is 13.3. The molecule has 0 unspecified atom stereocenters. The second-order valence-electron chi connectivity index (χ2n) is 10.4. The summed E-state index contributed by atoms with van der Waals surface area (Å²) >= 11 is 0. The van der Waals surface area contributed by atoms with Crippen LogP contribution < -0.4 is 5.32 Å². The zero-order valence-electron chi connectivity index (χ0n) is 21.2. The number of amides is 1. The number of aromatic nitrogens is 2. The average Bonchev–Trinajstić information content (AvgIpc) is 3.22. The lowest BCUT2D eigenvalue weighted by Gasteiger charge is -2.28. The number of carbonyl (C=O) groups excluding carboxylic acids is 2. The minimum absolute atomic E-state index is 0.0690. The molecule has 5 rings (SSSR count). The van der Waals surface area contributed by atoms with Crippen molar-refractivity contribution in [3.8, 4) is 11.3 Å². The van der Waals surface area contributed by atoms with Crippen LogP contribution >= 0.6 is 0 Å². The predicted molar refractivity (Wildman–Crippen MR) is 144 cm³/mol. The van der Waals surface area contributed by atoms with E-state index in [0.29, 0.717) is 25.3 Å². The van der Waals surface area contributed by atoms with Gasteiger partial charge in [-0.05, 0) is 40.7 Å². The fourth-order valence-electron chi connectivity index (χ4n) is 5.02. The Hall–Kier alpha value is -4.03. The third-order valence-corrected chi connectivity index (χ3v) is 6.64. The number of hydrogen-bond acceptors (Lipinski definition) is 4. The van der Waals surface area contributed by atoms with Gasteiger partial charge in [0.15, 0.2) is 5.78 Å². The minimum atomic E-state index is -0.271. The number of pyridine rings is 1. The largest absolute Gasteiger partial charge is 0.367 e. The molecule has 37 heavy (non-hydrogen) atoms. The van der Waals surface area contributed by atoms with E-state index in [0.717, 1.165) is 45.6 Å². The second-order valence-corrected chi connectivity index (χ2v) is 10.4. The van der Waals surface area contributed by atoms with Crippen molar-refractivity contribution in [2.75, 3.05) is 11.9 Å². The highest BCUT2D eigenvalue weighted by molar-refractivity contribution is 6.02. The fourth-order valence-corrected chi connectivity index (χ4v) is 5.02. The van der Waals surface area contributed by atoms with E-state index in [1.165, 1.54) is 0 Å². The average molecular weight is 494 g/mol. The van der Waals surface area contributed by atoms with Crippen LogP contribution in [0, 0.1) is 5.41 Å². The van der Waals surface area contributed by atoms with Gasteiger partial charge in [-0.2, -0.15) is 0 Å². The SMILES string of the molecule is CC1(C)CC(=O)c2c([nH]c(-c3ccnc(NC(=O)COCc4ccccc4)c3)c2Cc2ccccc2)C1. The lowest BCUT2D eigenvalue weighted by atomic mass is 9.75. The van der Waals surface area contributed by atoms with E-state index in [4.69, 9.17) is 4.74 Å². The van der Waals surface area contributed by atoms with E-state index in [-0.39, 0.29) is 23.7 Å². The van der Waals surface area contributed by atoms with E-state index < -0.39 is 0 Å². The van der Waals surface area contributed by atoms with E-state index in [1.807, 2.05) is 60.7 Å². The lowest BCUT2D eigenvalue weighted by molar-refractivity contribution is -0.121. The number of aromatic amines is 1. The number of nitrogens with zero attached hydrogens (tertiary/aromatic N) is 1. The smallest absolute Gasteiger partial charge is 0.251 e. The number of ketones is 1. The summed E-state index contributed by atoms with van der Waals surface area (Å²) in [5, 5.41) is 2.84. The number of hydrogen-bond donors (Lipinski definition) is 2. The first-order chi connectivity index (χ1) is 17.9. The van der Waals surface area contributed by atoms with Crippen LogP contribution in [0.4, 0.5) is 5.82 Å². The zero-order valence-corrected chi connectivity index (χ0v) is 21.2. The molecule has 0 bridgehead atoms. The molecule has 0 radical (unpaired) electrons. The fraction of sp³-hybridized carbons (Fsp3) is 0.258. The molecule has 1 amide bonds. The summed E-state index contributed by atoms with van der Waals surface area (Å²) in [6.45, 7) is 4.56. The van der Waals surface area contributed by atoms with Gasteiger partial charge in [-0.25, -0.2) is 4.98 Å². The number of anilines is 1. The van der Waals surface area contributed by atoms with Gasteiger partial charge in [0.1, 0.15) is 12.4 Å². The van der Waals surface area contributed by atoms with Gasteiger partial charge in [-0.3, -0.25) is 9.59 Å². The van der Waals surface area contributed by atoms with Crippen molar-refractivity contribution >= 4 is 17.5 Å². The van der Waals surface area contributed by atoms with Gasteiger partial charge in [0.2, 0.25) is 0 Å². The third-order valence-electron chi connectivity index (χ3n) is 6.64. The number of rotatable bonds is 8. The van der Waals surface area contributed by atoms with Gasteiger partial charge in [-0.1, -0.05) is 74.5 Å².